The number of nitrogens with zero attached hydrogens (tertiary/aromatic N) is 2. The lowest BCUT2D eigenvalue weighted by atomic mass is 10.2. The fourth-order valence-electron chi connectivity index (χ4n) is 2.12. The van der Waals surface area contributed by atoms with Crippen LogP contribution >= 0.6 is 22.7 Å². The number of anilines is 1. The van der Waals surface area contributed by atoms with E-state index in [1.165, 1.54) is 9.75 Å². The molecule has 4 nitrogen and oxygen atoms in total. The Bertz CT molecular complexity index is 794. The van der Waals surface area contributed by atoms with E-state index in [0.29, 0.717) is 6.61 Å². The van der Waals surface area contributed by atoms with Gasteiger partial charge in [-0.3, -0.25) is 5.43 Å². The van der Waals surface area contributed by atoms with Crippen molar-refractivity contribution in [1.29, 1.82) is 0 Å². The van der Waals surface area contributed by atoms with Gasteiger partial charge < -0.3 is 4.74 Å². The first-order chi connectivity index (χ1) is 11.3. The van der Waals surface area contributed by atoms with Gasteiger partial charge in [0.2, 0.25) is 5.13 Å². The van der Waals surface area contributed by atoms with Crippen LogP contribution in [0.15, 0.2) is 46.9 Å². The summed E-state index contributed by atoms with van der Waals surface area (Å²) < 4.78 is 5.58. The summed E-state index contributed by atoms with van der Waals surface area (Å²) in [4.78, 5) is 6.97. The predicted molar refractivity (Wildman–Crippen MR) is 99.0 cm³/mol. The largest absolute Gasteiger partial charge is 0.493 e. The second-order valence-electron chi connectivity index (χ2n) is 4.74. The Morgan fingerprint density at radius 1 is 1.26 bits per heavy atom. The number of rotatable bonds is 6. The summed E-state index contributed by atoms with van der Waals surface area (Å²) in [5, 5.41) is 7.13. The van der Waals surface area contributed by atoms with Crippen molar-refractivity contribution < 1.29 is 4.74 Å². The summed E-state index contributed by atoms with van der Waals surface area (Å²) in [6.07, 6.45) is 1.76. The molecule has 3 rings (SSSR count). The zero-order valence-corrected chi connectivity index (χ0v) is 14.6. The van der Waals surface area contributed by atoms with Gasteiger partial charge in [-0.1, -0.05) is 18.2 Å². The fourth-order valence-corrected chi connectivity index (χ4v) is 3.73. The van der Waals surface area contributed by atoms with Crippen LogP contribution in [0.3, 0.4) is 0 Å². The SMILES string of the molecule is CCOc1ccccc1/C=N\Nc1nc(-c2cccs2)c(C)s1. The first-order valence-corrected chi connectivity index (χ1v) is 8.99. The van der Waals surface area contributed by atoms with E-state index in [9.17, 15) is 0 Å². The van der Waals surface area contributed by atoms with Gasteiger partial charge in [0.15, 0.2) is 0 Å². The molecule has 1 aromatic carbocycles. The lowest BCUT2D eigenvalue weighted by Crippen LogP contribution is -1.97. The number of hydrogen-bond acceptors (Lipinski definition) is 6. The Morgan fingerprint density at radius 3 is 2.91 bits per heavy atom. The number of aryl methyl sites for hydroxylation is 1. The van der Waals surface area contributed by atoms with E-state index >= 15 is 0 Å². The van der Waals surface area contributed by atoms with Gasteiger partial charge in [0.1, 0.15) is 5.75 Å². The fraction of sp³-hybridized carbons (Fsp3) is 0.176. The van der Waals surface area contributed by atoms with Crippen LogP contribution in [0.25, 0.3) is 10.6 Å². The normalized spacial score (nSPS) is 11.0. The molecule has 0 amide bonds. The number of hydrogen-bond donors (Lipinski definition) is 1. The average molecular weight is 343 g/mol. The van der Waals surface area contributed by atoms with Gasteiger partial charge in [0, 0.05) is 10.4 Å². The molecule has 3 aromatic rings. The van der Waals surface area contributed by atoms with Crippen molar-refractivity contribution in [3.05, 3.63) is 52.2 Å². The Labute approximate surface area is 143 Å². The molecule has 0 unspecified atom stereocenters. The number of thiophene rings is 1. The molecule has 0 fully saturated rings. The lowest BCUT2D eigenvalue weighted by Gasteiger charge is -2.05. The third-order valence-electron chi connectivity index (χ3n) is 3.13. The van der Waals surface area contributed by atoms with E-state index in [1.807, 2.05) is 37.3 Å². The molecule has 0 bridgehead atoms. The molecule has 23 heavy (non-hydrogen) atoms. The molecular formula is C17H17N3OS2. The summed E-state index contributed by atoms with van der Waals surface area (Å²) in [6.45, 7) is 4.68. The van der Waals surface area contributed by atoms with Gasteiger partial charge >= 0.3 is 0 Å². The summed E-state index contributed by atoms with van der Waals surface area (Å²) in [6, 6.07) is 11.9. The lowest BCUT2D eigenvalue weighted by molar-refractivity contribution is 0.340. The van der Waals surface area contributed by atoms with Crippen LogP contribution in [0, 0.1) is 6.92 Å². The van der Waals surface area contributed by atoms with E-state index in [2.05, 4.69) is 33.9 Å². The molecular weight excluding hydrogens is 326 g/mol. The molecule has 2 aromatic heterocycles. The number of benzene rings is 1. The third kappa shape index (κ3) is 3.78. The second-order valence-corrected chi connectivity index (χ2v) is 6.89. The van der Waals surface area contributed by atoms with Crippen LogP contribution in [-0.4, -0.2) is 17.8 Å². The van der Waals surface area contributed by atoms with Gasteiger partial charge in [0.25, 0.3) is 0 Å². The molecule has 0 aliphatic rings. The van der Waals surface area contributed by atoms with Crippen LogP contribution in [0.4, 0.5) is 5.13 Å². The summed E-state index contributed by atoms with van der Waals surface area (Å²) in [7, 11) is 0. The number of ether oxygens (including phenoxy) is 1. The van der Waals surface area contributed by atoms with Gasteiger partial charge in [-0.25, -0.2) is 4.98 Å². The minimum Gasteiger partial charge on any atom is -0.493 e. The Kier molecular flexibility index (Phi) is 5.05. The molecule has 6 heteroatoms. The molecule has 0 atom stereocenters. The number of para-hydroxylation sites is 1. The molecule has 0 saturated carbocycles. The van der Waals surface area contributed by atoms with Crippen LogP contribution < -0.4 is 10.2 Å². The van der Waals surface area contributed by atoms with Gasteiger partial charge in [-0.05, 0) is 37.4 Å². The van der Waals surface area contributed by atoms with Gasteiger partial charge in [-0.15, -0.1) is 22.7 Å². The maximum absolute atomic E-state index is 5.58. The maximum Gasteiger partial charge on any atom is 0.204 e. The zero-order chi connectivity index (χ0) is 16.1. The molecule has 118 valence electrons. The standard InChI is InChI=1S/C17H17N3OS2/c1-3-21-14-8-5-4-7-13(14)11-18-20-17-19-16(12(2)23-17)15-9-6-10-22-15/h4-11H,3H2,1-2H3,(H,19,20)/b18-11-. The van der Waals surface area contributed by atoms with E-state index in [4.69, 9.17) is 4.74 Å². The molecule has 2 heterocycles. The highest BCUT2D eigenvalue weighted by atomic mass is 32.1. The smallest absolute Gasteiger partial charge is 0.204 e. The van der Waals surface area contributed by atoms with Gasteiger partial charge in [0.05, 0.1) is 23.4 Å². The van der Waals surface area contributed by atoms with Crippen LogP contribution in [0.2, 0.25) is 0 Å². The highest BCUT2D eigenvalue weighted by Crippen LogP contribution is 2.32. The summed E-state index contributed by atoms with van der Waals surface area (Å²) >= 11 is 3.29. The molecule has 0 spiro atoms. The quantitative estimate of drug-likeness (QED) is 0.505. The average Bonchev–Trinajstić information content (AvgIpc) is 3.19. The van der Waals surface area contributed by atoms with Crippen LogP contribution in [0.1, 0.15) is 17.4 Å². The Hall–Kier alpha value is -2.18. The number of aromatic nitrogens is 1. The number of hydrazone groups is 1. The first-order valence-electron chi connectivity index (χ1n) is 7.30. The van der Waals surface area contributed by atoms with E-state index < -0.39 is 0 Å². The van der Waals surface area contributed by atoms with E-state index in [-0.39, 0.29) is 0 Å². The minimum absolute atomic E-state index is 0.633. The van der Waals surface area contributed by atoms with Gasteiger partial charge in [-0.2, -0.15) is 5.10 Å². The van der Waals surface area contributed by atoms with E-state index in [1.54, 1.807) is 28.9 Å². The molecule has 0 saturated heterocycles. The van der Waals surface area contributed by atoms with Crippen molar-refractivity contribution in [2.24, 2.45) is 5.10 Å². The maximum atomic E-state index is 5.58. The van der Waals surface area contributed by atoms with Crippen molar-refractivity contribution in [3.63, 3.8) is 0 Å². The predicted octanol–water partition coefficient (Wildman–Crippen LogP) is 5.02. The van der Waals surface area contributed by atoms with Crippen molar-refractivity contribution in [2.45, 2.75) is 13.8 Å². The Balaban J connectivity index is 1.73. The van der Waals surface area contributed by atoms with Crippen molar-refractivity contribution in [3.8, 4) is 16.3 Å². The second kappa shape index (κ2) is 7.39. The highest BCUT2D eigenvalue weighted by Gasteiger charge is 2.10. The summed E-state index contributed by atoms with van der Waals surface area (Å²) in [5.74, 6) is 0.829. The number of nitrogens with one attached hydrogen (secondary N) is 1. The van der Waals surface area contributed by atoms with Crippen molar-refractivity contribution >= 4 is 34.0 Å². The van der Waals surface area contributed by atoms with Crippen molar-refractivity contribution in [2.75, 3.05) is 12.0 Å². The summed E-state index contributed by atoms with van der Waals surface area (Å²) in [5.41, 5.74) is 4.98. The zero-order valence-electron chi connectivity index (χ0n) is 12.9. The molecule has 0 aliphatic carbocycles. The van der Waals surface area contributed by atoms with Crippen LogP contribution in [-0.2, 0) is 0 Å². The molecule has 0 aliphatic heterocycles. The monoisotopic (exact) mass is 343 g/mol. The Morgan fingerprint density at radius 2 is 2.13 bits per heavy atom. The van der Waals surface area contributed by atoms with Crippen LogP contribution in [0.5, 0.6) is 5.75 Å². The topological polar surface area (TPSA) is 46.5 Å². The molecule has 1 N–H and O–H groups in total. The molecule has 0 radical (unpaired) electrons. The number of thiazole rings is 1. The van der Waals surface area contributed by atoms with Crippen molar-refractivity contribution in [1.82, 2.24) is 4.98 Å². The highest BCUT2D eigenvalue weighted by molar-refractivity contribution is 7.17. The third-order valence-corrected chi connectivity index (χ3v) is 4.89. The first kappa shape index (κ1) is 15.7. The van der Waals surface area contributed by atoms with E-state index in [0.717, 1.165) is 22.1 Å². The minimum atomic E-state index is 0.633.